The molecule has 1 aromatic carbocycles. The van der Waals surface area contributed by atoms with Crippen LogP contribution in [0.2, 0.25) is 0 Å². The quantitative estimate of drug-likeness (QED) is 0.533. The van der Waals surface area contributed by atoms with E-state index in [2.05, 4.69) is 25.1 Å². The van der Waals surface area contributed by atoms with Crippen molar-refractivity contribution in [1.82, 2.24) is 30.0 Å². The Morgan fingerprint density at radius 3 is 2.90 bits per heavy atom. The fourth-order valence-electron chi connectivity index (χ4n) is 3.72. The number of fused-ring (bicyclic) bond motifs is 1. The Morgan fingerprint density at radius 2 is 2.00 bits per heavy atom. The van der Waals surface area contributed by atoms with Gasteiger partial charge in [0.15, 0.2) is 0 Å². The average molecular weight is 386 g/mol. The highest BCUT2D eigenvalue weighted by Crippen LogP contribution is 2.30. The van der Waals surface area contributed by atoms with Gasteiger partial charge in [-0.25, -0.2) is 4.98 Å². The summed E-state index contributed by atoms with van der Waals surface area (Å²) in [6, 6.07) is 9.91. The summed E-state index contributed by atoms with van der Waals surface area (Å²) in [5, 5.41) is 10.5. The van der Waals surface area contributed by atoms with Gasteiger partial charge in [0.2, 0.25) is 5.89 Å². The molecule has 0 radical (unpaired) electrons. The molecule has 5 rings (SSSR count). The normalized spacial score (nSPS) is 16.8. The number of hydrogen-bond acceptors (Lipinski definition) is 7. The minimum atomic E-state index is -0.127. The summed E-state index contributed by atoms with van der Waals surface area (Å²) in [7, 11) is 0. The van der Waals surface area contributed by atoms with E-state index in [4.69, 9.17) is 4.42 Å². The summed E-state index contributed by atoms with van der Waals surface area (Å²) in [5.41, 5.74) is 1.02. The van der Waals surface area contributed by atoms with Crippen LogP contribution in [-0.2, 0) is 0 Å². The molecule has 0 aliphatic carbocycles. The Balaban J connectivity index is 1.39. The second-order valence-corrected chi connectivity index (χ2v) is 7.01. The van der Waals surface area contributed by atoms with E-state index in [0.29, 0.717) is 36.3 Å². The van der Waals surface area contributed by atoms with E-state index in [-0.39, 0.29) is 11.8 Å². The lowest BCUT2D eigenvalue weighted by Gasteiger charge is -2.30. The number of rotatable bonds is 3. The van der Waals surface area contributed by atoms with Crippen molar-refractivity contribution in [1.29, 1.82) is 0 Å². The first-order valence-corrected chi connectivity index (χ1v) is 9.52. The van der Waals surface area contributed by atoms with Crippen molar-refractivity contribution in [2.75, 3.05) is 13.1 Å². The van der Waals surface area contributed by atoms with E-state index < -0.39 is 0 Å². The van der Waals surface area contributed by atoms with Gasteiger partial charge in [0.1, 0.15) is 11.4 Å². The molecular formula is C21H18N6O2. The van der Waals surface area contributed by atoms with Crippen LogP contribution in [0.1, 0.15) is 35.1 Å². The molecule has 4 heterocycles. The van der Waals surface area contributed by atoms with Crippen LogP contribution in [0, 0.1) is 0 Å². The highest BCUT2D eigenvalue weighted by atomic mass is 16.4. The molecule has 3 aromatic heterocycles. The van der Waals surface area contributed by atoms with E-state index >= 15 is 0 Å². The zero-order valence-corrected chi connectivity index (χ0v) is 15.6. The smallest absolute Gasteiger partial charge is 0.274 e. The molecule has 1 atom stereocenters. The fraction of sp³-hybridized carbons (Fsp3) is 0.238. The number of pyridine rings is 1. The zero-order valence-electron chi connectivity index (χ0n) is 15.6. The zero-order chi connectivity index (χ0) is 19.6. The molecule has 1 saturated heterocycles. The molecule has 144 valence electrons. The first-order chi connectivity index (χ1) is 14.3. The van der Waals surface area contributed by atoms with Gasteiger partial charge in [-0.1, -0.05) is 24.3 Å². The third-order valence-electron chi connectivity index (χ3n) is 5.16. The highest BCUT2D eigenvalue weighted by Gasteiger charge is 2.30. The lowest BCUT2D eigenvalue weighted by molar-refractivity contribution is 0.0692. The third kappa shape index (κ3) is 3.33. The van der Waals surface area contributed by atoms with Gasteiger partial charge in [-0.15, -0.1) is 10.2 Å². The van der Waals surface area contributed by atoms with Crippen LogP contribution in [0.25, 0.3) is 22.4 Å². The van der Waals surface area contributed by atoms with Crippen molar-refractivity contribution in [3.05, 3.63) is 66.7 Å². The Hall–Kier alpha value is -3.68. The van der Waals surface area contributed by atoms with E-state index in [9.17, 15) is 4.79 Å². The lowest BCUT2D eigenvalue weighted by Crippen LogP contribution is -2.39. The van der Waals surface area contributed by atoms with Crippen molar-refractivity contribution in [2.24, 2.45) is 0 Å². The molecule has 1 fully saturated rings. The molecule has 1 amide bonds. The maximum absolute atomic E-state index is 12.7. The standard InChI is InChI=1S/C21H18N6O2/c28-21(17-12-22-9-10-23-17)27-11-3-5-15(13-27)19-25-26-20(29-19)18-16-6-2-1-4-14(16)7-8-24-18/h1-2,4,6-10,12,15H,3,5,11,13H2. The van der Waals surface area contributed by atoms with Crippen LogP contribution < -0.4 is 0 Å². The highest BCUT2D eigenvalue weighted by molar-refractivity contribution is 5.92. The molecule has 8 nitrogen and oxygen atoms in total. The molecule has 0 N–H and O–H groups in total. The lowest BCUT2D eigenvalue weighted by atomic mass is 9.98. The molecule has 29 heavy (non-hydrogen) atoms. The summed E-state index contributed by atoms with van der Waals surface area (Å²) in [6.07, 6.45) is 8.05. The van der Waals surface area contributed by atoms with E-state index in [0.717, 1.165) is 23.6 Å². The Bertz CT molecular complexity index is 1150. The van der Waals surface area contributed by atoms with Gasteiger partial charge in [0, 0.05) is 37.1 Å². The monoisotopic (exact) mass is 386 g/mol. The largest absolute Gasteiger partial charge is 0.419 e. The van der Waals surface area contributed by atoms with Gasteiger partial charge < -0.3 is 9.32 Å². The van der Waals surface area contributed by atoms with E-state index in [1.54, 1.807) is 17.3 Å². The van der Waals surface area contributed by atoms with Crippen LogP contribution >= 0.6 is 0 Å². The molecule has 0 saturated carbocycles. The van der Waals surface area contributed by atoms with Crippen LogP contribution in [-0.4, -0.2) is 49.0 Å². The fourth-order valence-corrected chi connectivity index (χ4v) is 3.72. The maximum atomic E-state index is 12.7. The second-order valence-electron chi connectivity index (χ2n) is 7.01. The molecule has 4 aromatic rings. The number of hydrogen-bond donors (Lipinski definition) is 0. The van der Waals surface area contributed by atoms with Gasteiger partial charge in [0.25, 0.3) is 11.8 Å². The first kappa shape index (κ1) is 17.4. The second kappa shape index (κ2) is 7.38. The Morgan fingerprint density at radius 1 is 1.07 bits per heavy atom. The topological polar surface area (TPSA) is 97.9 Å². The summed E-state index contributed by atoms with van der Waals surface area (Å²) >= 11 is 0. The Kier molecular flexibility index (Phi) is 4.44. The van der Waals surface area contributed by atoms with Crippen LogP contribution in [0.3, 0.4) is 0 Å². The minimum Gasteiger partial charge on any atom is -0.419 e. The predicted molar refractivity (Wildman–Crippen MR) is 105 cm³/mol. The van der Waals surface area contributed by atoms with Gasteiger partial charge in [-0.05, 0) is 24.3 Å². The molecule has 8 heteroatoms. The predicted octanol–water partition coefficient (Wildman–Crippen LogP) is 3.09. The van der Waals surface area contributed by atoms with Crippen molar-refractivity contribution in [3.8, 4) is 11.6 Å². The van der Waals surface area contributed by atoms with Crippen LogP contribution in [0.15, 0.2) is 59.5 Å². The SMILES string of the molecule is O=C(c1cnccn1)N1CCCC(c2nnc(-c3nccc4ccccc34)o2)C1. The van der Waals surface area contributed by atoms with Crippen molar-refractivity contribution in [3.63, 3.8) is 0 Å². The van der Waals surface area contributed by atoms with Gasteiger partial charge in [-0.3, -0.25) is 14.8 Å². The number of amides is 1. The van der Waals surface area contributed by atoms with Crippen molar-refractivity contribution in [2.45, 2.75) is 18.8 Å². The van der Waals surface area contributed by atoms with Gasteiger partial charge in [0.05, 0.1) is 12.1 Å². The number of nitrogens with zero attached hydrogens (tertiary/aromatic N) is 6. The number of carbonyl (C=O) groups excluding carboxylic acids is 1. The number of carbonyl (C=O) groups is 1. The summed E-state index contributed by atoms with van der Waals surface area (Å²) in [5.74, 6) is 0.791. The van der Waals surface area contributed by atoms with E-state index in [1.165, 1.54) is 12.4 Å². The third-order valence-corrected chi connectivity index (χ3v) is 5.16. The van der Waals surface area contributed by atoms with Gasteiger partial charge >= 0.3 is 0 Å². The summed E-state index contributed by atoms with van der Waals surface area (Å²) in [4.78, 5) is 27.0. The average Bonchev–Trinajstić information content (AvgIpc) is 3.29. The van der Waals surface area contributed by atoms with Crippen molar-refractivity contribution >= 4 is 16.7 Å². The minimum absolute atomic E-state index is 0.0133. The number of aromatic nitrogens is 5. The molecule has 1 aliphatic rings. The number of benzene rings is 1. The molecule has 0 bridgehead atoms. The van der Waals surface area contributed by atoms with Crippen LogP contribution in [0.5, 0.6) is 0 Å². The molecular weight excluding hydrogens is 368 g/mol. The molecule has 0 spiro atoms. The summed E-state index contributed by atoms with van der Waals surface area (Å²) in [6.45, 7) is 1.19. The maximum Gasteiger partial charge on any atom is 0.274 e. The number of piperidine rings is 1. The van der Waals surface area contributed by atoms with Crippen LogP contribution in [0.4, 0.5) is 0 Å². The molecule has 1 unspecified atom stereocenters. The van der Waals surface area contributed by atoms with E-state index in [1.807, 2.05) is 30.3 Å². The van der Waals surface area contributed by atoms with Crippen molar-refractivity contribution < 1.29 is 9.21 Å². The Labute approximate surface area is 166 Å². The summed E-state index contributed by atoms with van der Waals surface area (Å²) < 4.78 is 6.00. The molecule has 1 aliphatic heterocycles. The number of likely N-dealkylation sites (tertiary alicyclic amines) is 1. The first-order valence-electron chi connectivity index (χ1n) is 9.52. The van der Waals surface area contributed by atoms with Gasteiger partial charge in [-0.2, -0.15) is 0 Å².